The van der Waals surface area contributed by atoms with Gasteiger partial charge in [-0.25, -0.2) is 0 Å². The van der Waals surface area contributed by atoms with Crippen molar-refractivity contribution in [2.45, 2.75) is 39.3 Å². The fourth-order valence-corrected chi connectivity index (χ4v) is 1.98. The Morgan fingerprint density at radius 1 is 1.60 bits per heavy atom. The minimum Gasteiger partial charge on any atom is -0.466 e. The van der Waals surface area contributed by atoms with Gasteiger partial charge in [0.1, 0.15) is 0 Å². The second-order valence-electron chi connectivity index (χ2n) is 4.45. The molecular formula is C11H22N2O2. The van der Waals surface area contributed by atoms with E-state index < -0.39 is 0 Å². The molecule has 0 aliphatic carbocycles. The maximum absolute atomic E-state index is 11.3. The normalized spacial score (nSPS) is 29.1. The fraction of sp³-hybridized carbons (Fsp3) is 0.909. The van der Waals surface area contributed by atoms with E-state index >= 15 is 0 Å². The lowest BCUT2D eigenvalue weighted by Crippen LogP contribution is -2.35. The van der Waals surface area contributed by atoms with Crippen molar-refractivity contribution in [1.82, 2.24) is 4.90 Å². The molecule has 4 nitrogen and oxygen atoms in total. The maximum atomic E-state index is 11.3. The van der Waals surface area contributed by atoms with Crippen molar-refractivity contribution in [3.05, 3.63) is 0 Å². The summed E-state index contributed by atoms with van der Waals surface area (Å²) < 4.78 is 4.93. The second kappa shape index (κ2) is 5.47. The van der Waals surface area contributed by atoms with Gasteiger partial charge < -0.3 is 10.5 Å². The van der Waals surface area contributed by atoms with Gasteiger partial charge in [0.2, 0.25) is 0 Å². The highest BCUT2D eigenvalue weighted by Gasteiger charge is 2.30. The molecule has 0 saturated carbocycles. The van der Waals surface area contributed by atoms with Crippen LogP contribution in [-0.2, 0) is 9.53 Å². The summed E-state index contributed by atoms with van der Waals surface area (Å²) in [5.74, 6) is 0.410. The smallest absolute Gasteiger partial charge is 0.307 e. The summed E-state index contributed by atoms with van der Waals surface area (Å²) in [5, 5.41) is 0. The van der Waals surface area contributed by atoms with Crippen LogP contribution in [0, 0.1) is 5.92 Å². The number of esters is 1. The topological polar surface area (TPSA) is 55.6 Å². The Morgan fingerprint density at radius 3 is 2.73 bits per heavy atom. The Kier molecular flexibility index (Phi) is 4.54. The summed E-state index contributed by atoms with van der Waals surface area (Å²) in [7, 11) is 0. The Morgan fingerprint density at radius 2 is 2.27 bits per heavy atom. The molecule has 88 valence electrons. The van der Waals surface area contributed by atoms with Crippen LogP contribution in [0.25, 0.3) is 0 Å². The number of nitrogens with two attached hydrogens (primary N) is 1. The van der Waals surface area contributed by atoms with Crippen LogP contribution in [0.5, 0.6) is 0 Å². The molecule has 0 spiro atoms. The van der Waals surface area contributed by atoms with E-state index in [-0.39, 0.29) is 18.1 Å². The van der Waals surface area contributed by atoms with E-state index in [4.69, 9.17) is 10.5 Å². The number of ether oxygens (including phenoxy) is 1. The highest BCUT2D eigenvalue weighted by Crippen LogP contribution is 2.18. The van der Waals surface area contributed by atoms with Crippen LogP contribution in [0.4, 0.5) is 0 Å². The van der Waals surface area contributed by atoms with Gasteiger partial charge in [0, 0.05) is 25.2 Å². The van der Waals surface area contributed by atoms with Crippen LogP contribution < -0.4 is 5.73 Å². The molecule has 2 N–H and O–H groups in total. The number of hydrogen-bond acceptors (Lipinski definition) is 4. The van der Waals surface area contributed by atoms with Gasteiger partial charge in [-0.15, -0.1) is 0 Å². The summed E-state index contributed by atoms with van der Waals surface area (Å²) in [4.78, 5) is 13.6. The number of carbonyl (C=O) groups is 1. The summed E-state index contributed by atoms with van der Waals surface area (Å²) >= 11 is 0. The molecule has 0 aromatic rings. The molecule has 1 aliphatic heterocycles. The highest BCUT2D eigenvalue weighted by molar-refractivity contribution is 5.70. The van der Waals surface area contributed by atoms with Crippen LogP contribution in [0.1, 0.15) is 27.2 Å². The van der Waals surface area contributed by atoms with Gasteiger partial charge >= 0.3 is 5.97 Å². The summed E-state index contributed by atoms with van der Waals surface area (Å²) in [6.07, 6.45) is 0.466. The summed E-state index contributed by atoms with van der Waals surface area (Å²) in [6, 6.07) is 0.481. The number of likely N-dealkylation sites (tertiary alicyclic amines) is 1. The van der Waals surface area contributed by atoms with Crippen LogP contribution in [0.2, 0.25) is 0 Å². The van der Waals surface area contributed by atoms with Crippen molar-refractivity contribution >= 4 is 5.97 Å². The van der Waals surface area contributed by atoms with Gasteiger partial charge in [-0.05, 0) is 19.8 Å². The molecule has 1 rings (SSSR count). The van der Waals surface area contributed by atoms with Gasteiger partial charge in [-0.2, -0.15) is 0 Å². The molecule has 0 bridgehead atoms. The molecule has 0 aromatic carbocycles. The Labute approximate surface area is 91.8 Å². The van der Waals surface area contributed by atoms with Crippen LogP contribution in [0.3, 0.4) is 0 Å². The summed E-state index contributed by atoms with van der Waals surface area (Å²) in [5.41, 5.74) is 5.94. The zero-order valence-corrected chi connectivity index (χ0v) is 9.90. The SMILES string of the molecule is CCOC(=O)CC(C)N1CC(C)C(N)C1. The fourth-order valence-electron chi connectivity index (χ4n) is 1.98. The van der Waals surface area contributed by atoms with Crippen LogP contribution in [-0.4, -0.2) is 42.6 Å². The van der Waals surface area contributed by atoms with Crippen LogP contribution in [0.15, 0.2) is 0 Å². The third-order valence-electron chi connectivity index (χ3n) is 3.09. The van der Waals surface area contributed by atoms with Gasteiger partial charge in [0.25, 0.3) is 0 Å². The van der Waals surface area contributed by atoms with Crippen molar-refractivity contribution < 1.29 is 9.53 Å². The first-order valence-electron chi connectivity index (χ1n) is 5.69. The monoisotopic (exact) mass is 214 g/mol. The molecular weight excluding hydrogens is 192 g/mol. The van der Waals surface area contributed by atoms with E-state index in [1.54, 1.807) is 0 Å². The Balaban J connectivity index is 2.35. The molecule has 0 aromatic heterocycles. The van der Waals surface area contributed by atoms with Crippen LogP contribution >= 0.6 is 0 Å². The van der Waals surface area contributed by atoms with Crippen molar-refractivity contribution in [1.29, 1.82) is 0 Å². The van der Waals surface area contributed by atoms with Crippen molar-refractivity contribution in [2.24, 2.45) is 11.7 Å². The highest BCUT2D eigenvalue weighted by atomic mass is 16.5. The number of nitrogens with zero attached hydrogens (tertiary/aromatic N) is 1. The Hall–Kier alpha value is -0.610. The predicted octanol–water partition coefficient (Wildman–Crippen LogP) is 0.607. The molecule has 4 heteroatoms. The largest absolute Gasteiger partial charge is 0.466 e. The molecule has 1 fully saturated rings. The van der Waals surface area contributed by atoms with E-state index in [2.05, 4.69) is 18.7 Å². The molecule has 0 radical (unpaired) electrons. The number of carbonyl (C=O) groups excluding carboxylic acids is 1. The molecule has 3 atom stereocenters. The van der Waals surface area contributed by atoms with Crippen molar-refractivity contribution in [2.75, 3.05) is 19.7 Å². The van der Waals surface area contributed by atoms with Gasteiger partial charge in [-0.1, -0.05) is 6.92 Å². The first kappa shape index (κ1) is 12.5. The first-order valence-corrected chi connectivity index (χ1v) is 5.69. The average Bonchev–Trinajstić information content (AvgIpc) is 2.47. The quantitative estimate of drug-likeness (QED) is 0.697. The third-order valence-corrected chi connectivity index (χ3v) is 3.09. The first-order chi connectivity index (χ1) is 7.04. The van der Waals surface area contributed by atoms with Gasteiger partial charge in [0.05, 0.1) is 13.0 Å². The van der Waals surface area contributed by atoms with E-state index in [0.717, 1.165) is 13.1 Å². The standard InChI is InChI=1S/C11H22N2O2/c1-4-15-11(14)5-9(3)13-6-8(2)10(12)7-13/h8-10H,4-7,12H2,1-3H3. The second-order valence-corrected chi connectivity index (χ2v) is 4.45. The van der Waals surface area contributed by atoms with Gasteiger partial charge in [0.15, 0.2) is 0 Å². The number of hydrogen-bond donors (Lipinski definition) is 1. The lowest BCUT2D eigenvalue weighted by molar-refractivity contribution is -0.144. The minimum absolute atomic E-state index is 0.113. The average molecular weight is 214 g/mol. The van der Waals surface area contributed by atoms with Crippen molar-refractivity contribution in [3.8, 4) is 0 Å². The van der Waals surface area contributed by atoms with E-state index in [9.17, 15) is 4.79 Å². The molecule has 1 heterocycles. The lowest BCUT2D eigenvalue weighted by Gasteiger charge is -2.23. The van der Waals surface area contributed by atoms with E-state index in [0.29, 0.717) is 18.9 Å². The number of rotatable bonds is 4. The Bertz CT molecular complexity index is 211. The predicted molar refractivity (Wildman–Crippen MR) is 59.4 cm³/mol. The zero-order valence-electron chi connectivity index (χ0n) is 9.90. The lowest BCUT2D eigenvalue weighted by atomic mass is 10.1. The van der Waals surface area contributed by atoms with E-state index in [1.165, 1.54) is 0 Å². The molecule has 0 amide bonds. The molecule has 3 unspecified atom stereocenters. The minimum atomic E-state index is -0.113. The van der Waals surface area contributed by atoms with E-state index in [1.807, 2.05) is 6.92 Å². The zero-order chi connectivity index (χ0) is 11.4. The molecule has 15 heavy (non-hydrogen) atoms. The maximum Gasteiger partial charge on any atom is 0.307 e. The van der Waals surface area contributed by atoms with Crippen molar-refractivity contribution in [3.63, 3.8) is 0 Å². The molecule has 1 saturated heterocycles. The third kappa shape index (κ3) is 3.47. The summed E-state index contributed by atoms with van der Waals surface area (Å²) in [6.45, 7) is 8.38. The molecule has 1 aliphatic rings. The van der Waals surface area contributed by atoms with Gasteiger partial charge in [-0.3, -0.25) is 9.69 Å².